The Labute approximate surface area is 126 Å². The van der Waals surface area contributed by atoms with Crippen LogP contribution in [0, 0.1) is 0 Å². The van der Waals surface area contributed by atoms with Crippen LogP contribution >= 0.6 is 0 Å². The molecule has 1 saturated carbocycles. The second-order valence-electron chi connectivity index (χ2n) is 5.49. The van der Waals surface area contributed by atoms with Gasteiger partial charge in [-0.2, -0.15) is 0 Å². The van der Waals surface area contributed by atoms with Crippen LogP contribution in [0.25, 0.3) is 0 Å². The third kappa shape index (κ3) is 4.06. The summed E-state index contributed by atoms with van der Waals surface area (Å²) in [7, 11) is 0. The third-order valence-corrected chi connectivity index (χ3v) is 4.03. The number of carbonyl (C=O) groups is 2. The monoisotopic (exact) mass is 289 g/mol. The molecule has 0 bridgehead atoms. The van der Waals surface area contributed by atoms with Gasteiger partial charge in [0.05, 0.1) is 0 Å². The van der Waals surface area contributed by atoms with E-state index in [1.165, 1.54) is 19.8 Å². The number of hydrogen-bond acceptors (Lipinski definition) is 3. The normalized spacial score (nSPS) is 15.0. The van der Waals surface area contributed by atoms with E-state index >= 15 is 0 Å². The minimum atomic E-state index is -0.00656. The van der Waals surface area contributed by atoms with Crippen molar-refractivity contribution in [2.45, 2.75) is 45.6 Å². The lowest BCUT2D eigenvalue weighted by Gasteiger charge is -2.27. The number of carbonyl (C=O) groups excluding carboxylic acids is 2. The van der Waals surface area contributed by atoms with Gasteiger partial charge in [-0.05, 0) is 38.8 Å². The van der Waals surface area contributed by atoms with Crippen molar-refractivity contribution in [3.8, 4) is 5.75 Å². The Morgan fingerprint density at radius 1 is 1.29 bits per heavy atom. The maximum absolute atomic E-state index is 12.3. The quantitative estimate of drug-likeness (QED) is 0.756. The van der Waals surface area contributed by atoms with Crippen molar-refractivity contribution >= 4 is 11.7 Å². The van der Waals surface area contributed by atoms with Crippen molar-refractivity contribution < 1.29 is 14.3 Å². The van der Waals surface area contributed by atoms with E-state index in [-0.39, 0.29) is 18.3 Å². The first-order valence-electron chi connectivity index (χ1n) is 7.65. The molecule has 1 aliphatic rings. The molecule has 0 N–H and O–H groups in total. The highest BCUT2D eigenvalue weighted by molar-refractivity contribution is 5.94. The van der Waals surface area contributed by atoms with E-state index in [9.17, 15) is 9.59 Å². The third-order valence-electron chi connectivity index (χ3n) is 4.03. The molecule has 114 valence electrons. The average molecular weight is 289 g/mol. The molecule has 0 spiro atoms. The molecule has 1 fully saturated rings. The SMILES string of the molecule is CCN(C(=O)COc1cccc(C(C)=O)c1)C1CCCC1. The highest BCUT2D eigenvalue weighted by Crippen LogP contribution is 2.23. The number of ether oxygens (including phenoxy) is 1. The summed E-state index contributed by atoms with van der Waals surface area (Å²) < 4.78 is 5.56. The fourth-order valence-corrected chi connectivity index (χ4v) is 2.89. The number of Topliss-reactive ketones (excluding diaryl/α,β-unsaturated/α-hetero) is 1. The topological polar surface area (TPSA) is 46.6 Å². The van der Waals surface area contributed by atoms with Crippen molar-refractivity contribution in [3.63, 3.8) is 0 Å². The van der Waals surface area contributed by atoms with Crippen molar-refractivity contribution in [3.05, 3.63) is 29.8 Å². The highest BCUT2D eigenvalue weighted by atomic mass is 16.5. The lowest BCUT2D eigenvalue weighted by Crippen LogP contribution is -2.41. The minimum Gasteiger partial charge on any atom is -0.484 e. The standard InChI is InChI=1S/C17H23NO3/c1-3-18(15-8-4-5-9-15)17(20)12-21-16-10-6-7-14(11-16)13(2)19/h6-7,10-11,15H,3-5,8-9,12H2,1-2H3. The zero-order chi connectivity index (χ0) is 15.2. The van der Waals surface area contributed by atoms with Crippen LogP contribution in [0.15, 0.2) is 24.3 Å². The van der Waals surface area contributed by atoms with Crippen LogP contribution in [0.3, 0.4) is 0 Å². The fourth-order valence-electron chi connectivity index (χ4n) is 2.89. The number of amides is 1. The molecule has 1 aliphatic carbocycles. The maximum atomic E-state index is 12.3. The van der Waals surface area contributed by atoms with E-state index in [0.717, 1.165) is 19.4 Å². The van der Waals surface area contributed by atoms with Gasteiger partial charge in [-0.3, -0.25) is 9.59 Å². The molecule has 0 aliphatic heterocycles. The Morgan fingerprint density at radius 3 is 2.62 bits per heavy atom. The number of benzene rings is 1. The van der Waals surface area contributed by atoms with Crippen LogP contribution in [-0.4, -0.2) is 35.8 Å². The number of rotatable bonds is 6. The summed E-state index contributed by atoms with van der Waals surface area (Å²) in [6.45, 7) is 4.28. The van der Waals surface area contributed by atoms with Gasteiger partial charge in [-0.25, -0.2) is 0 Å². The summed E-state index contributed by atoms with van der Waals surface area (Å²) in [4.78, 5) is 25.5. The van der Waals surface area contributed by atoms with E-state index < -0.39 is 0 Å². The maximum Gasteiger partial charge on any atom is 0.260 e. The van der Waals surface area contributed by atoms with Gasteiger partial charge in [0.1, 0.15) is 5.75 Å². The molecule has 0 aromatic heterocycles. The van der Waals surface area contributed by atoms with Crippen molar-refractivity contribution in [2.24, 2.45) is 0 Å². The summed E-state index contributed by atoms with van der Waals surface area (Å²) in [5, 5.41) is 0. The lowest BCUT2D eigenvalue weighted by atomic mass is 10.1. The van der Waals surface area contributed by atoms with E-state index in [1.807, 2.05) is 11.8 Å². The van der Waals surface area contributed by atoms with Crippen molar-refractivity contribution in [2.75, 3.05) is 13.2 Å². The smallest absolute Gasteiger partial charge is 0.260 e. The summed E-state index contributed by atoms with van der Waals surface area (Å²) in [5.74, 6) is 0.587. The van der Waals surface area contributed by atoms with Crippen LogP contribution in [0.4, 0.5) is 0 Å². The first kappa shape index (κ1) is 15.5. The van der Waals surface area contributed by atoms with Gasteiger partial charge in [0.15, 0.2) is 12.4 Å². The van der Waals surface area contributed by atoms with Gasteiger partial charge in [0.25, 0.3) is 5.91 Å². The van der Waals surface area contributed by atoms with Gasteiger partial charge >= 0.3 is 0 Å². The molecule has 0 saturated heterocycles. The van der Waals surface area contributed by atoms with Gasteiger partial charge < -0.3 is 9.64 Å². The molecule has 1 aromatic rings. The summed E-state index contributed by atoms with van der Waals surface area (Å²) in [6, 6.07) is 7.33. The highest BCUT2D eigenvalue weighted by Gasteiger charge is 2.25. The molecule has 1 amide bonds. The van der Waals surface area contributed by atoms with Crippen LogP contribution in [0.1, 0.15) is 49.9 Å². The van der Waals surface area contributed by atoms with Crippen molar-refractivity contribution in [1.82, 2.24) is 4.90 Å². The number of nitrogens with zero attached hydrogens (tertiary/aromatic N) is 1. The van der Waals surface area contributed by atoms with Gasteiger partial charge in [0, 0.05) is 18.2 Å². The van der Waals surface area contributed by atoms with E-state index in [1.54, 1.807) is 24.3 Å². The Hall–Kier alpha value is -1.84. The van der Waals surface area contributed by atoms with Crippen LogP contribution < -0.4 is 4.74 Å². The molecular weight excluding hydrogens is 266 g/mol. The van der Waals surface area contributed by atoms with Crippen LogP contribution in [0.2, 0.25) is 0 Å². The zero-order valence-electron chi connectivity index (χ0n) is 12.8. The lowest BCUT2D eigenvalue weighted by molar-refractivity contribution is -0.135. The zero-order valence-corrected chi connectivity index (χ0v) is 12.8. The van der Waals surface area contributed by atoms with E-state index in [0.29, 0.717) is 17.4 Å². The van der Waals surface area contributed by atoms with Crippen LogP contribution in [-0.2, 0) is 4.79 Å². The average Bonchev–Trinajstić information content (AvgIpc) is 3.00. The second kappa shape index (κ2) is 7.25. The van der Waals surface area contributed by atoms with E-state index in [2.05, 4.69) is 0 Å². The molecule has 2 rings (SSSR count). The summed E-state index contributed by atoms with van der Waals surface area (Å²) in [5.41, 5.74) is 0.600. The minimum absolute atomic E-state index is 0.00656. The Balaban J connectivity index is 1.93. The molecule has 4 heteroatoms. The van der Waals surface area contributed by atoms with Gasteiger partial charge in [-0.1, -0.05) is 25.0 Å². The number of likely N-dealkylation sites (N-methyl/N-ethyl adjacent to an activating group) is 1. The predicted molar refractivity (Wildman–Crippen MR) is 81.6 cm³/mol. The predicted octanol–water partition coefficient (Wildman–Crippen LogP) is 3.06. The molecule has 1 aromatic carbocycles. The largest absolute Gasteiger partial charge is 0.484 e. The molecule has 0 heterocycles. The fraction of sp³-hybridized carbons (Fsp3) is 0.529. The summed E-state index contributed by atoms with van der Waals surface area (Å²) >= 11 is 0. The first-order valence-corrected chi connectivity index (χ1v) is 7.65. The Morgan fingerprint density at radius 2 is 2.00 bits per heavy atom. The number of ketones is 1. The molecule has 21 heavy (non-hydrogen) atoms. The van der Waals surface area contributed by atoms with E-state index in [4.69, 9.17) is 4.74 Å². The Bertz CT molecular complexity index is 507. The van der Waals surface area contributed by atoms with Crippen molar-refractivity contribution in [1.29, 1.82) is 0 Å². The van der Waals surface area contributed by atoms with Gasteiger partial charge in [-0.15, -0.1) is 0 Å². The molecular formula is C17H23NO3. The molecule has 0 unspecified atom stereocenters. The Kier molecular flexibility index (Phi) is 5.37. The molecule has 0 atom stereocenters. The summed E-state index contributed by atoms with van der Waals surface area (Å²) in [6.07, 6.45) is 4.60. The van der Waals surface area contributed by atoms with Crippen LogP contribution in [0.5, 0.6) is 5.75 Å². The molecule has 0 radical (unpaired) electrons. The molecule has 4 nitrogen and oxygen atoms in total. The second-order valence-corrected chi connectivity index (χ2v) is 5.49. The first-order chi connectivity index (χ1) is 10.1. The number of hydrogen-bond donors (Lipinski definition) is 0. The van der Waals surface area contributed by atoms with Gasteiger partial charge in [0.2, 0.25) is 0 Å².